The van der Waals surface area contributed by atoms with Gasteiger partial charge in [-0.3, -0.25) is 9.59 Å². The molecule has 0 aliphatic heterocycles. The largest absolute Gasteiger partial charge is 0.501 e. The normalized spacial score (nSPS) is 10.6. The highest BCUT2D eigenvalue weighted by Crippen LogP contribution is 2.23. The van der Waals surface area contributed by atoms with E-state index in [1.54, 1.807) is 12.1 Å². The molecule has 2 rings (SSSR count). The van der Waals surface area contributed by atoms with Crippen molar-refractivity contribution in [3.05, 3.63) is 51.9 Å². The van der Waals surface area contributed by atoms with E-state index in [1.807, 2.05) is 13.8 Å². The van der Waals surface area contributed by atoms with Crippen LogP contribution in [0.15, 0.2) is 34.0 Å². The first-order valence-electron chi connectivity index (χ1n) is 5.39. The predicted molar refractivity (Wildman–Crippen MR) is 68.2 cm³/mol. The maximum atomic E-state index is 11.9. The maximum Gasteiger partial charge on any atom is 0.235 e. The Morgan fingerprint density at radius 1 is 1.33 bits per heavy atom. The number of carbonyl (C=O) groups excluding carboxylic acids is 1. The zero-order valence-corrected chi connectivity index (χ0v) is 10.1. The molecule has 0 aliphatic carbocycles. The van der Waals surface area contributed by atoms with Crippen molar-refractivity contribution in [3.8, 4) is 5.75 Å². The minimum absolute atomic E-state index is 0.260. The van der Waals surface area contributed by atoms with Crippen LogP contribution in [-0.4, -0.2) is 10.9 Å². The van der Waals surface area contributed by atoms with E-state index in [9.17, 15) is 14.7 Å². The van der Waals surface area contributed by atoms with Crippen molar-refractivity contribution < 1.29 is 14.3 Å². The third-order valence-electron chi connectivity index (χ3n) is 2.89. The summed E-state index contributed by atoms with van der Waals surface area (Å²) >= 11 is 0. The number of hydrogen-bond acceptors (Lipinski definition) is 4. The number of benzene rings is 1. The Balaban J connectivity index is 2.92. The van der Waals surface area contributed by atoms with E-state index in [2.05, 4.69) is 6.58 Å². The molecule has 0 saturated carbocycles. The van der Waals surface area contributed by atoms with Gasteiger partial charge in [-0.25, -0.2) is 0 Å². The lowest BCUT2D eigenvalue weighted by Crippen LogP contribution is -2.08. The lowest BCUT2D eigenvalue weighted by atomic mass is 10.1. The van der Waals surface area contributed by atoms with Gasteiger partial charge in [-0.15, -0.1) is 0 Å². The summed E-state index contributed by atoms with van der Waals surface area (Å²) in [6, 6.07) is 3.31. The van der Waals surface area contributed by atoms with Crippen molar-refractivity contribution in [2.75, 3.05) is 0 Å². The standard InChI is InChI=1S/C14H12O4/c1-4-10(15)14-13(17)12(16)9-5-7(2)8(3)6-11(9)18-14/h4-6,17H,1H2,2-3H3. The second-order valence-electron chi connectivity index (χ2n) is 4.11. The first-order valence-corrected chi connectivity index (χ1v) is 5.39. The van der Waals surface area contributed by atoms with E-state index in [-0.39, 0.29) is 16.7 Å². The third-order valence-corrected chi connectivity index (χ3v) is 2.89. The van der Waals surface area contributed by atoms with Crippen molar-refractivity contribution in [2.24, 2.45) is 0 Å². The van der Waals surface area contributed by atoms with Crippen LogP contribution in [0, 0.1) is 13.8 Å². The smallest absolute Gasteiger partial charge is 0.235 e. The Hall–Kier alpha value is -2.36. The molecule has 0 aliphatic rings. The fourth-order valence-electron chi connectivity index (χ4n) is 1.70. The van der Waals surface area contributed by atoms with Crippen LogP contribution >= 0.6 is 0 Å². The minimum Gasteiger partial charge on any atom is -0.501 e. The molecule has 1 N–H and O–H groups in total. The van der Waals surface area contributed by atoms with Gasteiger partial charge in [-0.05, 0) is 43.2 Å². The third kappa shape index (κ3) is 1.72. The number of fused-ring (bicyclic) bond motifs is 1. The molecule has 92 valence electrons. The van der Waals surface area contributed by atoms with Crippen LogP contribution in [0.25, 0.3) is 11.0 Å². The Labute approximate surface area is 103 Å². The molecule has 18 heavy (non-hydrogen) atoms. The van der Waals surface area contributed by atoms with E-state index in [4.69, 9.17) is 4.42 Å². The van der Waals surface area contributed by atoms with Crippen molar-refractivity contribution >= 4 is 16.8 Å². The van der Waals surface area contributed by atoms with Gasteiger partial charge in [-0.2, -0.15) is 0 Å². The first-order chi connectivity index (χ1) is 8.45. The summed E-state index contributed by atoms with van der Waals surface area (Å²) in [5.74, 6) is -1.66. The fraction of sp³-hybridized carbons (Fsp3) is 0.143. The molecular weight excluding hydrogens is 232 g/mol. The molecule has 0 amide bonds. The molecule has 4 heteroatoms. The summed E-state index contributed by atoms with van der Waals surface area (Å²) in [7, 11) is 0. The van der Waals surface area contributed by atoms with Gasteiger partial charge in [-0.1, -0.05) is 6.58 Å². The van der Waals surface area contributed by atoms with Crippen LogP contribution in [0.5, 0.6) is 5.75 Å². The number of rotatable bonds is 2. The lowest BCUT2D eigenvalue weighted by Gasteiger charge is -2.05. The number of hydrogen-bond donors (Lipinski definition) is 1. The van der Waals surface area contributed by atoms with Crippen molar-refractivity contribution in [3.63, 3.8) is 0 Å². The molecule has 0 unspecified atom stereocenters. The second-order valence-corrected chi connectivity index (χ2v) is 4.11. The van der Waals surface area contributed by atoms with Gasteiger partial charge in [0.05, 0.1) is 5.39 Å². The van der Waals surface area contributed by atoms with Crippen molar-refractivity contribution in [1.82, 2.24) is 0 Å². The van der Waals surface area contributed by atoms with Gasteiger partial charge in [0.1, 0.15) is 5.58 Å². The molecule has 2 aromatic rings. The molecule has 0 spiro atoms. The first kappa shape index (κ1) is 12.1. The van der Waals surface area contributed by atoms with E-state index < -0.39 is 17.0 Å². The molecule has 0 fully saturated rings. The van der Waals surface area contributed by atoms with Gasteiger partial charge >= 0.3 is 0 Å². The monoisotopic (exact) mass is 244 g/mol. The topological polar surface area (TPSA) is 67.5 Å². The van der Waals surface area contributed by atoms with E-state index in [0.717, 1.165) is 17.2 Å². The quantitative estimate of drug-likeness (QED) is 0.651. The molecule has 1 aromatic heterocycles. The Kier molecular flexibility index (Phi) is 2.79. The van der Waals surface area contributed by atoms with E-state index >= 15 is 0 Å². The van der Waals surface area contributed by atoms with Crippen LogP contribution in [0.2, 0.25) is 0 Å². The molecule has 0 saturated heterocycles. The average molecular weight is 244 g/mol. The lowest BCUT2D eigenvalue weighted by molar-refractivity contribution is 0.101. The zero-order valence-electron chi connectivity index (χ0n) is 10.1. The summed E-state index contributed by atoms with van der Waals surface area (Å²) in [5, 5.41) is 9.94. The van der Waals surface area contributed by atoms with Gasteiger partial charge in [0.2, 0.25) is 22.7 Å². The molecule has 1 aromatic carbocycles. The predicted octanol–water partition coefficient (Wildman–Crippen LogP) is 2.48. The molecule has 4 nitrogen and oxygen atoms in total. The maximum absolute atomic E-state index is 11.9. The molecule has 0 atom stereocenters. The van der Waals surface area contributed by atoms with Gasteiger partial charge in [0.15, 0.2) is 0 Å². The molecular formula is C14H12O4. The summed E-state index contributed by atoms with van der Waals surface area (Å²) in [6.07, 6.45) is 0.991. The van der Waals surface area contributed by atoms with Crippen LogP contribution in [-0.2, 0) is 0 Å². The van der Waals surface area contributed by atoms with Crippen molar-refractivity contribution in [2.45, 2.75) is 13.8 Å². The highest BCUT2D eigenvalue weighted by atomic mass is 16.4. The Morgan fingerprint density at radius 2 is 1.94 bits per heavy atom. The van der Waals surface area contributed by atoms with Crippen LogP contribution in [0.3, 0.4) is 0 Å². The van der Waals surface area contributed by atoms with Crippen LogP contribution < -0.4 is 5.43 Å². The summed E-state index contributed by atoms with van der Waals surface area (Å²) in [5.41, 5.74) is 1.53. The molecule has 1 heterocycles. The van der Waals surface area contributed by atoms with Crippen molar-refractivity contribution in [1.29, 1.82) is 0 Å². The number of aryl methyl sites for hydroxylation is 2. The summed E-state index contributed by atoms with van der Waals surface area (Å²) < 4.78 is 5.29. The minimum atomic E-state index is -0.671. The van der Waals surface area contributed by atoms with E-state index in [0.29, 0.717) is 0 Å². The average Bonchev–Trinajstić information content (AvgIpc) is 2.35. The fourth-order valence-corrected chi connectivity index (χ4v) is 1.70. The summed E-state index contributed by atoms with van der Waals surface area (Å²) in [4.78, 5) is 23.4. The number of aromatic hydroxyl groups is 1. The number of allylic oxidation sites excluding steroid dienone is 1. The second kappa shape index (κ2) is 4.14. The van der Waals surface area contributed by atoms with Crippen LogP contribution in [0.1, 0.15) is 21.7 Å². The molecule has 0 radical (unpaired) electrons. The number of ketones is 1. The number of carbonyl (C=O) groups is 1. The summed E-state index contributed by atoms with van der Waals surface area (Å²) in [6.45, 7) is 7.02. The Morgan fingerprint density at radius 3 is 2.56 bits per heavy atom. The Bertz CT molecular complexity index is 723. The van der Waals surface area contributed by atoms with E-state index in [1.165, 1.54) is 0 Å². The van der Waals surface area contributed by atoms with Gasteiger partial charge < -0.3 is 9.52 Å². The zero-order chi connectivity index (χ0) is 13.4. The SMILES string of the molecule is C=CC(=O)c1oc2cc(C)c(C)cc2c(=O)c1O. The molecule has 0 bridgehead atoms. The van der Waals surface area contributed by atoms with Gasteiger partial charge in [0.25, 0.3) is 0 Å². The van der Waals surface area contributed by atoms with Crippen LogP contribution in [0.4, 0.5) is 0 Å². The van der Waals surface area contributed by atoms with Gasteiger partial charge in [0, 0.05) is 0 Å². The highest BCUT2D eigenvalue weighted by Gasteiger charge is 2.18. The highest BCUT2D eigenvalue weighted by molar-refractivity contribution is 6.04.